The summed E-state index contributed by atoms with van der Waals surface area (Å²) in [5.41, 5.74) is 6.49. The molecule has 0 aliphatic rings. The average molecular weight is 348 g/mol. The van der Waals surface area contributed by atoms with Gasteiger partial charge in [0, 0.05) is 20.3 Å². The van der Waals surface area contributed by atoms with Gasteiger partial charge in [-0.15, -0.1) is 11.3 Å². The van der Waals surface area contributed by atoms with Crippen LogP contribution in [0.2, 0.25) is 0 Å². The van der Waals surface area contributed by atoms with Gasteiger partial charge in [0.15, 0.2) is 0 Å². The summed E-state index contributed by atoms with van der Waals surface area (Å²) in [7, 11) is 2.21. The summed E-state index contributed by atoms with van der Waals surface area (Å²) < 4.78 is 2.74. The van der Waals surface area contributed by atoms with E-state index in [1.54, 1.807) is 0 Å². The minimum atomic E-state index is 1.26. The Kier molecular flexibility index (Phi) is 3.65. The van der Waals surface area contributed by atoms with E-state index < -0.39 is 0 Å². The molecule has 2 heteroatoms. The van der Waals surface area contributed by atoms with E-state index in [-0.39, 0.29) is 0 Å². The Hall–Kier alpha value is -2.84. The third kappa shape index (κ3) is 2.46. The van der Waals surface area contributed by atoms with Gasteiger partial charge in [-0.25, -0.2) is 0 Å². The fourth-order valence-corrected chi connectivity index (χ4v) is 5.03. The van der Waals surface area contributed by atoms with Gasteiger partial charge in [-0.1, -0.05) is 78.3 Å². The van der Waals surface area contributed by atoms with Gasteiger partial charge in [-0.3, -0.25) is 0 Å². The standard InChI is InChI=1S/C24H17BS/c25-21-12-7-13-22-23(21)20-15-18(16-8-3-1-4-9-16)14-19(24(20)26-22)17-10-5-2-6-11-17/h1-15H,25H2. The zero-order valence-electron chi connectivity index (χ0n) is 14.6. The van der Waals surface area contributed by atoms with Gasteiger partial charge in [0.05, 0.1) is 0 Å². The average Bonchev–Trinajstić information content (AvgIpc) is 3.08. The van der Waals surface area contributed by atoms with Gasteiger partial charge in [0.25, 0.3) is 0 Å². The highest BCUT2D eigenvalue weighted by atomic mass is 32.1. The predicted molar refractivity (Wildman–Crippen MR) is 118 cm³/mol. The minimum Gasteiger partial charge on any atom is -0.135 e. The fourth-order valence-electron chi connectivity index (χ4n) is 3.73. The first-order chi connectivity index (χ1) is 12.8. The van der Waals surface area contributed by atoms with Crippen LogP contribution in [-0.4, -0.2) is 7.85 Å². The lowest BCUT2D eigenvalue weighted by molar-refractivity contribution is 1.63. The molecule has 0 saturated heterocycles. The molecule has 0 saturated carbocycles. The van der Waals surface area contributed by atoms with Crippen molar-refractivity contribution in [1.82, 2.24) is 0 Å². The molecule has 4 aromatic carbocycles. The van der Waals surface area contributed by atoms with Crippen molar-refractivity contribution >= 4 is 44.8 Å². The molecule has 5 aromatic rings. The van der Waals surface area contributed by atoms with Crippen LogP contribution in [0.1, 0.15) is 0 Å². The van der Waals surface area contributed by atoms with Crippen molar-refractivity contribution in [2.75, 3.05) is 0 Å². The maximum Gasteiger partial charge on any atom is 0.140 e. The van der Waals surface area contributed by atoms with E-state index in [2.05, 4.69) is 98.8 Å². The van der Waals surface area contributed by atoms with Crippen molar-refractivity contribution in [3.05, 3.63) is 91.0 Å². The van der Waals surface area contributed by atoms with Gasteiger partial charge in [0.2, 0.25) is 0 Å². The Bertz CT molecular complexity index is 1220. The van der Waals surface area contributed by atoms with E-state index in [0.29, 0.717) is 0 Å². The van der Waals surface area contributed by atoms with Gasteiger partial charge in [0.1, 0.15) is 7.85 Å². The molecular formula is C24H17BS. The van der Waals surface area contributed by atoms with E-state index in [1.807, 2.05) is 11.3 Å². The molecule has 5 rings (SSSR count). The molecule has 0 radical (unpaired) electrons. The summed E-state index contributed by atoms with van der Waals surface area (Å²) in [6.07, 6.45) is 0. The monoisotopic (exact) mass is 348 g/mol. The minimum absolute atomic E-state index is 1.26. The molecular weight excluding hydrogens is 331 g/mol. The highest BCUT2D eigenvalue weighted by Crippen LogP contribution is 2.41. The summed E-state index contributed by atoms with van der Waals surface area (Å²) in [5, 5.41) is 2.76. The Morgan fingerprint density at radius 2 is 1.31 bits per heavy atom. The van der Waals surface area contributed by atoms with Crippen LogP contribution in [0.25, 0.3) is 42.4 Å². The summed E-state index contributed by atoms with van der Waals surface area (Å²) >= 11 is 1.90. The normalized spacial score (nSPS) is 11.2. The van der Waals surface area contributed by atoms with Crippen molar-refractivity contribution in [2.45, 2.75) is 0 Å². The van der Waals surface area contributed by atoms with Crippen molar-refractivity contribution < 1.29 is 0 Å². The first-order valence-electron chi connectivity index (χ1n) is 8.88. The second-order valence-electron chi connectivity index (χ2n) is 6.68. The number of hydrogen-bond acceptors (Lipinski definition) is 1. The molecule has 122 valence electrons. The molecule has 0 bridgehead atoms. The zero-order valence-corrected chi connectivity index (χ0v) is 15.4. The first kappa shape index (κ1) is 15.4. The fraction of sp³-hybridized carbons (Fsp3) is 0. The van der Waals surface area contributed by atoms with Crippen LogP contribution in [0.5, 0.6) is 0 Å². The van der Waals surface area contributed by atoms with Gasteiger partial charge < -0.3 is 0 Å². The van der Waals surface area contributed by atoms with Gasteiger partial charge >= 0.3 is 0 Å². The van der Waals surface area contributed by atoms with Crippen molar-refractivity contribution in [3.8, 4) is 22.3 Å². The van der Waals surface area contributed by atoms with Crippen LogP contribution in [0.3, 0.4) is 0 Å². The largest absolute Gasteiger partial charge is 0.140 e. The number of benzene rings is 4. The molecule has 1 heterocycles. The van der Waals surface area contributed by atoms with Gasteiger partial charge in [-0.2, -0.15) is 0 Å². The third-order valence-electron chi connectivity index (χ3n) is 5.00. The quantitative estimate of drug-likeness (QED) is 0.362. The number of rotatable bonds is 2. The Morgan fingerprint density at radius 1 is 0.615 bits per heavy atom. The molecule has 1 aromatic heterocycles. The van der Waals surface area contributed by atoms with Crippen LogP contribution in [0.15, 0.2) is 91.0 Å². The molecule has 26 heavy (non-hydrogen) atoms. The first-order valence-corrected chi connectivity index (χ1v) is 9.69. The third-order valence-corrected chi connectivity index (χ3v) is 6.20. The van der Waals surface area contributed by atoms with Crippen LogP contribution >= 0.6 is 11.3 Å². The Morgan fingerprint density at radius 3 is 2.04 bits per heavy atom. The number of thiophene rings is 1. The van der Waals surface area contributed by atoms with Crippen LogP contribution in [0.4, 0.5) is 0 Å². The number of fused-ring (bicyclic) bond motifs is 3. The number of hydrogen-bond donors (Lipinski definition) is 0. The van der Waals surface area contributed by atoms with Crippen LogP contribution in [0, 0.1) is 0 Å². The lowest BCUT2D eigenvalue weighted by Crippen LogP contribution is -2.01. The van der Waals surface area contributed by atoms with E-state index in [9.17, 15) is 0 Å². The van der Waals surface area contributed by atoms with Crippen molar-refractivity contribution in [3.63, 3.8) is 0 Å². The zero-order chi connectivity index (χ0) is 17.5. The summed E-state index contributed by atoms with van der Waals surface area (Å²) in [6.45, 7) is 0. The van der Waals surface area contributed by atoms with E-state index in [4.69, 9.17) is 0 Å². The molecule has 0 atom stereocenters. The molecule has 0 aliphatic heterocycles. The molecule has 0 amide bonds. The van der Waals surface area contributed by atoms with Crippen LogP contribution < -0.4 is 5.46 Å². The maximum atomic E-state index is 2.36. The van der Waals surface area contributed by atoms with E-state index in [0.717, 1.165) is 0 Å². The molecule has 0 N–H and O–H groups in total. The van der Waals surface area contributed by atoms with E-state index >= 15 is 0 Å². The van der Waals surface area contributed by atoms with Crippen LogP contribution in [-0.2, 0) is 0 Å². The lowest BCUT2D eigenvalue weighted by Gasteiger charge is -2.09. The van der Waals surface area contributed by atoms with E-state index in [1.165, 1.54) is 47.9 Å². The second-order valence-corrected chi connectivity index (χ2v) is 7.73. The Labute approximate surface area is 158 Å². The summed E-state index contributed by atoms with van der Waals surface area (Å²) in [4.78, 5) is 0. The molecule has 0 nitrogen and oxygen atoms in total. The van der Waals surface area contributed by atoms with Crippen molar-refractivity contribution in [1.29, 1.82) is 0 Å². The molecule has 0 aliphatic carbocycles. The summed E-state index contributed by atoms with van der Waals surface area (Å²) in [5.74, 6) is 0. The summed E-state index contributed by atoms with van der Waals surface area (Å²) in [6, 6.07) is 32.7. The topological polar surface area (TPSA) is 0 Å². The molecule has 0 unspecified atom stereocenters. The lowest BCUT2D eigenvalue weighted by atomic mass is 9.89. The molecule has 0 spiro atoms. The SMILES string of the molecule is Bc1cccc2sc3c(-c4ccccc4)cc(-c4ccccc4)cc3c12. The highest BCUT2D eigenvalue weighted by Gasteiger charge is 2.14. The second kappa shape index (κ2) is 6.15. The smallest absolute Gasteiger partial charge is 0.135 e. The predicted octanol–water partition coefficient (Wildman–Crippen LogP) is 5.65. The highest BCUT2D eigenvalue weighted by molar-refractivity contribution is 7.26. The van der Waals surface area contributed by atoms with Gasteiger partial charge in [-0.05, 0) is 40.3 Å². The Balaban J connectivity index is 1.93. The van der Waals surface area contributed by atoms with Crippen molar-refractivity contribution in [2.24, 2.45) is 0 Å². The maximum absolute atomic E-state index is 2.36. The molecule has 0 fully saturated rings.